The van der Waals surface area contributed by atoms with Gasteiger partial charge in [-0.3, -0.25) is 13.9 Å². The van der Waals surface area contributed by atoms with Gasteiger partial charge in [0.05, 0.1) is 21.2 Å². The van der Waals surface area contributed by atoms with Gasteiger partial charge in [0.15, 0.2) is 0 Å². The summed E-state index contributed by atoms with van der Waals surface area (Å²) < 4.78 is 70.0. The molecule has 0 spiro atoms. The van der Waals surface area contributed by atoms with Crippen LogP contribution in [0.4, 0.5) is 18.9 Å². The summed E-state index contributed by atoms with van der Waals surface area (Å²) in [5, 5.41) is 2.25. The number of carbonyl (C=O) groups is 2. The lowest BCUT2D eigenvalue weighted by atomic mass is 10.1. The number of benzene rings is 3. The first-order valence-electron chi connectivity index (χ1n) is 14.0. The van der Waals surface area contributed by atoms with Crippen molar-refractivity contribution in [3.05, 3.63) is 94.0 Å². The number of hydrogen-bond donors (Lipinski definition) is 1. The molecule has 0 aliphatic heterocycles. The molecule has 0 fully saturated rings. The minimum atomic E-state index is -4.88. The zero-order valence-corrected chi connectivity index (χ0v) is 27.1. The van der Waals surface area contributed by atoms with Crippen LogP contribution in [0.15, 0.2) is 71.6 Å². The van der Waals surface area contributed by atoms with Gasteiger partial charge in [-0.25, -0.2) is 8.42 Å². The molecule has 3 rings (SSSR count). The molecule has 2 amide bonds. The van der Waals surface area contributed by atoms with E-state index in [1.54, 1.807) is 58.9 Å². The van der Waals surface area contributed by atoms with Crippen LogP contribution >= 0.6 is 11.6 Å². The average Bonchev–Trinajstić information content (AvgIpc) is 2.91. The maximum atomic E-state index is 14.1. The number of halogens is 4. The molecular weight excluding hydrogens is 615 g/mol. The molecule has 0 heterocycles. The molecule has 0 saturated heterocycles. The Bertz CT molecular complexity index is 1590. The van der Waals surface area contributed by atoms with Gasteiger partial charge in [-0.15, -0.1) is 0 Å². The summed E-state index contributed by atoms with van der Waals surface area (Å²) in [5.74, 6) is -1.22. The quantitative estimate of drug-likeness (QED) is 0.259. The van der Waals surface area contributed by atoms with Crippen LogP contribution in [-0.4, -0.2) is 43.3 Å². The fourth-order valence-corrected chi connectivity index (χ4v) is 6.15. The molecule has 0 aromatic heterocycles. The van der Waals surface area contributed by atoms with Crippen LogP contribution in [0.2, 0.25) is 5.02 Å². The molecular formula is C32H37ClF3N3O4S. The molecule has 238 valence electrons. The van der Waals surface area contributed by atoms with Gasteiger partial charge >= 0.3 is 6.18 Å². The third-order valence-corrected chi connectivity index (χ3v) is 8.91. The highest BCUT2D eigenvalue weighted by Gasteiger charge is 2.37. The maximum Gasteiger partial charge on any atom is 0.417 e. The summed E-state index contributed by atoms with van der Waals surface area (Å²) in [5.41, 5.74) is 0.143. The molecule has 7 nitrogen and oxygen atoms in total. The Balaban J connectivity index is 2.16. The van der Waals surface area contributed by atoms with E-state index in [1.807, 2.05) is 19.1 Å². The smallest absolute Gasteiger partial charge is 0.350 e. The summed E-state index contributed by atoms with van der Waals surface area (Å²) in [6, 6.07) is 14.7. The summed E-state index contributed by atoms with van der Waals surface area (Å²) >= 11 is 5.83. The predicted octanol–water partition coefficient (Wildman–Crippen LogP) is 6.89. The number of amides is 2. The number of sulfonamides is 1. The lowest BCUT2D eigenvalue weighted by molar-refractivity contribution is -0.141. The molecule has 0 unspecified atom stereocenters. The second kappa shape index (κ2) is 13.6. The van der Waals surface area contributed by atoms with Crippen LogP contribution in [0.5, 0.6) is 0 Å². The van der Waals surface area contributed by atoms with Gasteiger partial charge in [-0.1, -0.05) is 66.0 Å². The molecule has 0 aliphatic carbocycles. The Hall–Kier alpha value is -3.57. The van der Waals surface area contributed by atoms with Gasteiger partial charge in [0.1, 0.15) is 12.6 Å². The Morgan fingerprint density at radius 3 is 1.95 bits per heavy atom. The number of anilines is 1. The van der Waals surface area contributed by atoms with E-state index in [-0.39, 0.29) is 17.9 Å². The van der Waals surface area contributed by atoms with Crippen molar-refractivity contribution >= 4 is 39.1 Å². The predicted molar refractivity (Wildman–Crippen MR) is 166 cm³/mol. The molecule has 3 aromatic rings. The number of nitrogens with one attached hydrogen (secondary N) is 1. The van der Waals surface area contributed by atoms with Crippen molar-refractivity contribution in [2.24, 2.45) is 0 Å². The standard InChI is InChI=1S/C32H37ClF3N3O4S/c1-7-28(30(41)37-31(4,5)6)38(19-23-12-8-21(2)9-13-23)29(40)20-39(44(42,43)25-15-10-22(3)11-16-25)24-14-17-27(33)26(18-24)32(34,35)36/h8-18,28H,7,19-20H2,1-6H3,(H,37,41)/t28-/m1/s1. The van der Waals surface area contributed by atoms with Crippen molar-refractivity contribution in [1.29, 1.82) is 0 Å². The normalized spacial score (nSPS) is 12.9. The molecule has 0 radical (unpaired) electrons. The lowest BCUT2D eigenvalue weighted by Crippen LogP contribution is -2.55. The summed E-state index contributed by atoms with van der Waals surface area (Å²) in [4.78, 5) is 28.6. The molecule has 44 heavy (non-hydrogen) atoms. The largest absolute Gasteiger partial charge is 0.417 e. The van der Waals surface area contributed by atoms with Crippen LogP contribution in [0.3, 0.4) is 0 Å². The van der Waals surface area contributed by atoms with Crippen molar-refractivity contribution in [1.82, 2.24) is 10.2 Å². The first-order valence-corrected chi connectivity index (χ1v) is 15.8. The van der Waals surface area contributed by atoms with E-state index in [1.165, 1.54) is 17.0 Å². The van der Waals surface area contributed by atoms with Crippen molar-refractivity contribution in [2.75, 3.05) is 10.8 Å². The van der Waals surface area contributed by atoms with Crippen LogP contribution in [0.25, 0.3) is 0 Å². The van der Waals surface area contributed by atoms with Crippen molar-refractivity contribution in [3.8, 4) is 0 Å². The van der Waals surface area contributed by atoms with Gasteiger partial charge in [0.2, 0.25) is 11.8 Å². The Morgan fingerprint density at radius 2 is 1.45 bits per heavy atom. The highest BCUT2D eigenvalue weighted by atomic mass is 35.5. The van der Waals surface area contributed by atoms with E-state index >= 15 is 0 Å². The van der Waals surface area contributed by atoms with E-state index in [0.717, 1.165) is 23.3 Å². The minimum Gasteiger partial charge on any atom is -0.350 e. The number of carbonyl (C=O) groups excluding carboxylic acids is 2. The first-order chi connectivity index (χ1) is 20.3. The van der Waals surface area contributed by atoms with Crippen molar-refractivity contribution < 1.29 is 31.2 Å². The highest BCUT2D eigenvalue weighted by molar-refractivity contribution is 7.92. The molecule has 12 heteroatoms. The lowest BCUT2D eigenvalue weighted by Gasteiger charge is -2.35. The number of hydrogen-bond acceptors (Lipinski definition) is 4. The third-order valence-electron chi connectivity index (χ3n) is 6.79. The molecule has 0 aliphatic rings. The van der Waals surface area contributed by atoms with Gasteiger partial charge in [0, 0.05) is 12.1 Å². The summed E-state index contributed by atoms with van der Waals surface area (Å²) in [6.07, 6.45) is -4.68. The second-order valence-corrected chi connectivity index (χ2v) is 13.9. The monoisotopic (exact) mass is 651 g/mol. The molecule has 0 saturated carbocycles. The zero-order valence-electron chi connectivity index (χ0n) is 25.5. The molecule has 1 atom stereocenters. The van der Waals surface area contributed by atoms with Crippen molar-refractivity contribution in [2.45, 2.75) is 77.2 Å². The van der Waals surface area contributed by atoms with E-state index in [4.69, 9.17) is 11.6 Å². The number of nitrogens with zero attached hydrogens (tertiary/aromatic N) is 2. The van der Waals surface area contributed by atoms with Crippen LogP contribution < -0.4 is 9.62 Å². The van der Waals surface area contributed by atoms with E-state index in [9.17, 15) is 31.2 Å². The van der Waals surface area contributed by atoms with Gasteiger partial charge in [0.25, 0.3) is 10.0 Å². The maximum absolute atomic E-state index is 14.1. The molecule has 0 bridgehead atoms. The Morgan fingerprint density at radius 1 is 0.909 bits per heavy atom. The molecule has 3 aromatic carbocycles. The zero-order chi connectivity index (χ0) is 33.0. The van der Waals surface area contributed by atoms with E-state index in [2.05, 4.69) is 5.32 Å². The van der Waals surface area contributed by atoms with Gasteiger partial charge in [-0.05, 0) is 76.9 Å². The summed E-state index contributed by atoms with van der Waals surface area (Å²) in [6.45, 7) is 9.83. The third kappa shape index (κ3) is 8.75. The minimum absolute atomic E-state index is 0.0397. The average molecular weight is 652 g/mol. The Labute approximate surface area is 262 Å². The van der Waals surface area contributed by atoms with Gasteiger partial charge < -0.3 is 10.2 Å². The molecule has 1 N–H and O–H groups in total. The topological polar surface area (TPSA) is 86.8 Å². The second-order valence-electron chi connectivity index (χ2n) is 11.7. The fraction of sp³-hybridized carbons (Fsp3) is 0.375. The summed E-state index contributed by atoms with van der Waals surface area (Å²) in [7, 11) is -4.56. The highest BCUT2D eigenvalue weighted by Crippen LogP contribution is 2.38. The SMILES string of the molecule is CC[C@H](C(=O)NC(C)(C)C)N(Cc1ccc(C)cc1)C(=O)CN(c1ccc(Cl)c(C(F)(F)F)c1)S(=O)(=O)c1ccc(C)cc1. The van der Waals surface area contributed by atoms with Gasteiger partial charge in [-0.2, -0.15) is 13.2 Å². The van der Waals surface area contributed by atoms with Crippen LogP contribution in [0.1, 0.15) is 56.4 Å². The number of alkyl halides is 3. The van der Waals surface area contributed by atoms with E-state index in [0.29, 0.717) is 15.9 Å². The number of rotatable bonds is 10. The first kappa shape index (κ1) is 34.9. The van der Waals surface area contributed by atoms with Crippen molar-refractivity contribution in [3.63, 3.8) is 0 Å². The fourth-order valence-electron chi connectivity index (χ4n) is 4.51. The Kier molecular flexibility index (Phi) is 10.8. The number of aryl methyl sites for hydroxylation is 2. The van der Waals surface area contributed by atoms with Crippen LogP contribution in [-0.2, 0) is 32.3 Å². The van der Waals surface area contributed by atoms with E-state index < -0.39 is 62.4 Å². The van der Waals surface area contributed by atoms with Crippen LogP contribution in [0, 0.1) is 13.8 Å².